The van der Waals surface area contributed by atoms with Crippen LogP contribution in [0.15, 0.2) is 23.1 Å². The third-order valence-electron chi connectivity index (χ3n) is 1.57. The van der Waals surface area contributed by atoms with E-state index in [9.17, 15) is 12.8 Å². The molecule has 0 aliphatic heterocycles. The van der Waals surface area contributed by atoms with E-state index in [1.54, 1.807) is 0 Å². The number of rotatable bonds is 4. The predicted molar refractivity (Wildman–Crippen MR) is 54.3 cm³/mol. The van der Waals surface area contributed by atoms with Gasteiger partial charge in [-0.3, -0.25) is 0 Å². The van der Waals surface area contributed by atoms with Crippen molar-refractivity contribution >= 4 is 21.6 Å². The third-order valence-corrected chi connectivity index (χ3v) is 2.77. The van der Waals surface area contributed by atoms with Crippen LogP contribution in [0.4, 0.5) is 4.39 Å². The fourth-order valence-electron chi connectivity index (χ4n) is 0.924. The van der Waals surface area contributed by atoms with Gasteiger partial charge in [-0.1, -0.05) is 11.6 Å². The molecule has 0 aromatic heterocycles. The van der Waals surface area contributed by atoms with E-state index in [4.69, 9.17) is 21.5 Å². The van der Waals surface area contributed by atoms with Gasteiger partial charge >= 0.3 is 0 Å². The van der Waals surface area contributed by atoms with E-state index in [1.807, 2.05) is 0 Å². The molecule has 15 heavy (non-hydrogen) atoms. The number of alkyl halides is 1. The maximum atomic E-state index is 11.8. The molecule has 1 aromatic carbocycles. The Morgan fingerprint density at radius 2 is 2.13 bits per heavy atom. The van der Waals surface area contributed by atoms with Crippen molar-refractivity contribution < 1.29 is 17.5 Å². The second kappa shape index (κ2) is 4.78. The van der Waals surface area contributed by atoms with E-state index in [1.165, 1.54) is 12.1 Å². The molecule has 0 fully saturated rings. The van der Waals surface area contributed by atoms with Crippen molar-refractivity contribution in [2.24, 2.45) is 5.14 Å². The fourth-order valence-corrected chi connectivity index (χ4v) is 1.76. The molecule has 0 aliphatic rings. The number of primary sulfonamides is 1. The third kappa shape index (κ3) is 3.33. The van der Waals surface area contributed by atoms with Gasteiger partial charge in [-0.2, -0.15) is 0 Å². The summed E-state index contributed by atoms with van der Waals surface area (Å²) in [6.45, 7) is -0.776. The van der Waals surface area contributed by atoms with Crippen LogP contribution in [0.5, 0.6) is 5.75 Å². The number of halogens is 2. The Morgan fingerprint density at radius 1 is 1.47 bits per heavy atom. The number of benzene rings is 1. The second-order valence-corrected chi connectivity index (χ2v) is 4.64. The van der Waals surface area contributed by atoms with Gasteiger partial charge in [0, 0.05) is 0 Å². The summed E-state index contributed by atoms with van der Waals surface area (Å²) in [7, 11) is -3.78. The van der Waals surface area contributed by atoms with Crippen molar-refractivity contribution in [3.05, 3.63) is 23.2 Å². The summed E-state index contributed by atoms with van der Waals surface area (Å²) in [4.78, 5) is -0.111. The zero-order chi connectivity index (χ0) is 11.5. The van der Waals surface area contributed by atoms with Crippen LogP contribution in [0.3, 0.4) is 0 Å². The summed E-state index contributed by atoms with van der Waals surface area (Å²) >= 11 is 5.70. The van der Waals surface area contributed by atoms with E-state index in [2.05, 4.69) is 0 Å². The molecule has 0 unspecified atom stereocenters. The smallest absolute Gasteiger partial charge is 0.238 e. The van der Waals surface area contributed by atoms with Crippen LogP contribution < -0.4 is 9.88 Å². The summed E-state index contributed by atoms with van der Waals surface area (Å²) in [6, 6.07) is 3.73. The summed E-state index contributed by atoms with van der Waals surface area (Å²) in [5.74, 6) is 0.224. The van der Waals surface area contributed by atoms with Crippen molar-refractivity contribution in [1.29, 1.82) is 0 Å². The second-order valence-electron chi connectivity index (χ2n) is 2.67. The lowest BCUT2D eigenvalue weighted by atomic mass is 10.3. The average molecular weight is 254 g/mol. The number of ether oxygens (including phenoxy) is 1. The summed E-state index contributed by atoms with van der Waals surface area (Å²) < 4.78 is 38.6. The molecule has 0 spiro atoms. The first-order chi connectivity index (χ1) is 6.95. The SMILES string of the molecule is NS(=O)(=O)c1ccc(OCCF)c(Cl)c1. The molecular weight excluding hydrogens is 245 g/mol. The Kier molecular flexibility index (Phi) is 3.90. The highest BCUT2D eigenvalue weighted by Gasteiger charge is 2.10. The molecule has 0 heterocycles. The number of sulfonamides is 1. The summed E-state index contributed by atoms with van der Waals surface area (Å²) in [6.07, 6.45) is 0. The Hall–Kier alpha value is -0.850. The fraction of sp³-hybridized carbons (Fsp3) is 0.250. The van der Waals surface area contributed by atoms with Crippen LogP contribution in [0.2, 0.25) is 5.02 Å². The van der Waals surface area contributed by atoms with E-state index in [-0.39, 0.29) is 22.3 Å². The molecule has 0 radical (unpaired) electrons. The minimum absolute atomic E-state index is 0.0787. The van der Waals surface area contributed by atoms with E-state index in [0.717, 1.165) is 6.07 Å². The minimum Gasteiger partial charge on any atom is -0.489 e. The first-order valence-electron chi connectivity index (χ1n) is 3.96. The molecule has 84 valence electrons. The molecule has 1 aromatic rings. The van der Waals surface area contributed by atoms with Crippen LogP contribution in [0.25, 0.3) is 0 Å². The van der Waals surface area contributed by atoms with Gasteiger partial charge in [0.15, 0.2) is 0 Å². The standard InChI is InChI=1S/C8H9ClFNO3S/c9-7-5-6(15(11,12)13)1-2-8(7)14-4-3-10/h1-2,5H,3-4H2,(H2,11,12,13). The van der Waals surface area contributed by atoms with Crippen LogP contribution in [-0.2, 0) is 10.0 Å². The average Bonchev–Trinajstić information content (AvgIpc) is 2.14. The van der Waals surface area contributed by atoms with Crippen LogP contribution >= 0.6 is 11.6 Å². The highest BCUT2D eigenvalue weighted by atomic mass is 35.5. The zero-order valence-corrected chi connectivity index (χ0v) is 9.18. The lowest BCUT2D eigenvalue weighted by Gasteiger charge is -2.06. The molecule has 4 nitrogen and oxygen atoms in total. The Bertz CT molecular complexity index is 449. The summed E-state index contributed by atoms with van der Waals surface area (Å²) in [5.41, 5.74) is 0. The quantitative estimate of drug-likeness (QED) is 0.880. The topological polar surface area (TPSA) is 69.4 Å². The molecular formula is C8H9ClFNO3S. The number of hydrogen-bond donors (Lipinski definition) is 1. The monoisotopic (exact) mass is 253 g/mol. The maximum Gasteiger partial charge on any atom is 0.238 e. The molecule has 0 saturated heterocycles. The van der Waals surface area contributed by atoms with Gasteiger partial charge < -0.3 is 4.74 Å². The molecule has 0 aliphatic carbocycles. The Labute approximate surface area is 91.8 Å². The van der Waals surface area contributed by atoms with Crippen LogP contribution in [-0.4, -0.2) is 21.7 Å². The van der Waals surface area contributed by atoms with Crippen LogP contribution in [0, 0.1) is 0 Å². The van der Waals surface area contributed by atoms with Gasteiger partial charge in [0.1, 0.15) is 19.0 Å². The van der Waals surface area contributed by atoms with Crippen molar-refractivity contribution in [3.63, 3.8) is 0 Å². The van der Waals surface area contributed by atoms with E-state index < -0.39 is 16.7 Å². The normalized spacial score (nSPS) is 11.4. The molecule has 0 amide bonds. The molecule has 0 saturated carbocycles. The highest BCUT2D eigenvalue weighted by Crippen LogP contribution is 2.26. The molecule has 2 N–H and O–H groups in total. The van der Waals surface area contributed by atoms with Gasteiger partial charge in [-0.15, -0.1) is 0 Å². The van der Waals surface area contributed by atoms with Gasteiger partial charge in [0.25, 0.3) is 0 Å². The van der Waals surface area contributed by atoms with Gasteiger partial charge in [-0.05, 0) is 18.2 Å². The maximum absolute atomic E-state index is 11.8. The zero-order valence-electron chi connectivity index (χ0n) is 7.61. The van der Waals surface area contributed by atoms with Gasteiger partial charge in [0.2, 0.25) is 10.0 Å². The predicted octanol–water partition coefficient (Wildman–Crippen LogP) is 1.34. The molecule has 0 atom stereocenters. The summed E-state index contributed by atoms with van der Waals surface area (Å²) in [5, 5.41) is 4.97. The number of hydrogen-bond acceptors (Lipinski definition) is 3. The first-order valence-corrected chi connectivity index (χ1v) is 5.88. The molecule has 1 rings (SSSR count). The number of nitrogens with two attached hydrogens (primary N) is 1. The lowest BCUT2D eigenvalue weighted by Crippen LogP contribution is -2.12. The Morgan fingerprint density at radius 3 is 2.60 bits per heavy atom. The first kappa shape index (κ1) is 12.2. The molecule has 0 bridgehead atoms. The van der Waals surface area contributed by atoms with Crippen molar-refractivity contribution in [3.8, 4) is 5.75 Å². The van der Waals surface area contributed by atoms with Crippen molar-refractivity contribution in [2.75, 3.05) is 13.3 Å². The van der Waals surface area contributed by atoms with Gasteiger partial charge in [-0.25, -0.2) is 17.9 Å². The molecule has 7 heteroatoms. The lowest BCUT2D eigenvalue weighted by molar-refractivity contribution is 0.273. The highest BCUT2D eigenvalue weighted by molar-refractivity contribution is 7.89. The minimum atomic E-state index is -3.78. The van der Waals surface area contributed by atoms with Crippen LogP contribution in [0.1, 0.15) is 0 Å². The largest absolute Gasteiger partial charge is 0.489 e. The Balaban J connectivity index is 2.99. The van der Waals surface area contributed by atoms with Gasteiger partial charge in [0.05, 0.1) is 9.92 Å². The van der Waals surface area contributed by atoms with Crippen molar-refractivity contribution in [1.82, 2.24) is 0 Å². The van der Waals surface area contributed by atoms with E-state index >= 15 is 0 Å². The van der Waals surface area contributed by atoms with Crippen molar-refractivity contribution in [2.45, 2.75) is 4.90 Å². The van der Waals surface area contributed by atoms with E-state index in [0.29, 0.717) is 0 Å².